The van der Waals surface area contributed by atoms with Crippen LogP contribution in [0.4, 0.5) is 0 Å². The molecule has 0 aliphatic heterocycles. The summed E-state index contributed by atoms with van der Waals surface area (Å²) in [6.07, 6.45) is 63.9. The molecule has 0 aromatic carbocycles. The van der Waals surface area contributed by atoms with Gasteiger partial charge >= 0.3 is 5.97 Å². The van der Waals surface area contributed by atoms with Crippen molar-refractivity contribution in [2.45, 2.75) is 315 Å². The van der Waals surface area contributed by atoms with Gasteiger partial charge in [-0.3, -0.25) is 14.2 Å². The van der Waals surface area contributed by atoms with Gasteiger partial charge in [0.2, 0.25) is 5.91 Å². The third kappa shape index (κ3) is 54.8. The molecule has 0 bridgehead atoms. The number of amides is 1. The summed E-state index contributed by atoms with van der Waals surface area (Å²) in [4.78, 5) is 40.0. The monoisotopic (exact) mass is 1050 g/mol. The third-order valence-corrected chi connectivity index (χ3v) is 15.0. The highest BCUT2D eigenvalue weighted by atomic mass is 31.2. The lowest BCUT2D eigenvalue weighted by Gasteiger charge is -2.30. The van der Waals surface area contributed by atoms with Crippen molar-refractivity contribution in [1.82, 2.24) is 5.32 Å². The molecule has 1 amide bonds. The molecule has 0 rings (SSSR count). The van der Waals surface area contributed by atoms with Crippen LogP contribution in [0.2, 0.25) is 0 Å². The van der Waals surface area contributed by atoms with Crippen molar-refractivity contribution >= 4 is 19.7 Å². The summed E-state index contributed by atoms with van der Waals surface area (Å²) in [5.74, 6) is -0.530. The van der Waals surface area contributed by atoms with Gasteiger partial charge in [-0.2, -0.15) is 0 Å². The normalized spacial score (nSPS) is 13.9. The highest BCUT2D eigenvalue weighted by Crippen LogP contribution is 2.38. The minimum absolute atomic E-state index is 0.0200. The molecule has 0 saturated heterocycles. The Morgan fingerprint density at radius 2 is 0.836 bits per heavy atom. The molecule has 430 valence electrons. The Morgan fingerprint density at radius 1 is 0.479 bits per heavy atom. The van der Waals surface area contributed by atoms with Crippen molar-refractivity contribution in [3.8, 4) is 0 Å². The number of ether oxygens (including phenoxy) is 1. The van der Waals surface area contributed by atoms with E-state index in [1.165, 1.54) is 205 Å². The molecule has 0 heterocycles. The molecule has 3 unspecified atom stereocenters. The number of carbonyl (C=O) groups is 2. The van der Waals surface area contributed by atoms with Gasteiger partial charge in [0.25, 0.3) is 7.82 Å². The highest BCUT2D eigenvalue weighted by molar-refractivity contribution is 7.45. The Labute approximate surface area is 453 Å². The molecule has 0 saturated carbocycles. The predicted molar refractivity (Wildman–Crippen MR) is 312 cm³/mol. The van der Waals surface area contributed by atoms with Crippen molar-refractivity contribution in [2.24, 2.45) is 0 Å². The van der Waals surface area contributed by atoms with Gasteiger partial charge in [0.05, 0.1) is 33.8 Å². The first kappa shape index (κ1) is 71.2. The van der Waals surface area contributed by atoms with E-state index in [0.717, 1.165) is 64.2 Å². The number of quaternary nitrogens is 1. The first-order valence-electron chi connectivity index (χ1n) is 31.3. The number of esters is 1. The second-order valence-electron chi connectivity index (χ2n) is 22.6. The van der Waals surface area contributed by atoms with E-state index in [4.69, 9.17) is 13.8 Å². The lowest BCUT2D eigenvalue weighted by Crippen LogP contribution is -2.47. The first-order chi connectivity index (χ1) is 35.4. The van der Waals surface area contributed by atoms with Gasteiger partial charge in [-0.15, -0.1) is 0 Å². The number of rotatable bonds is 57. The van der Waals surface area contributed by atoms with E-state index in [0.29, 0.717) is 17.4 Å². The van der Waals surface area contributed by atoms with Crippen molar-refractivity contribution in [1.29, 1.82) is 0 Å². The minimum atomic E-state index is -4.69. The molecule has 0 fully saturated rings. The van der Waals surface area contributed by atoms with Crippen LogP contribution in [0.1, 0.15) is 303 Å². The van der Waals surface area contributed by atoms with E-state index >= 15 is 0 Å². The summed E-state index contributed by atoms with van der Waals surface area (Å²) >= 11 is 0. The van der Waals surface area contributed by atoms with Crippen LogP contribution in [-0.2, 0) is 27.9 Å². The van der Waals surface area contributed by atoms with Crippen LogP contribution in [0.25, 0.3) is 0 Å². The number of phosphoric ester groups is 1. The molecule has 9 nitrogen and oxygen atoms in total. The fourth-order valence-electron chi connectivity index (χ4n) is 9.20. The zero-order valence-corrected chi connectivity index (χ0v) is 50.0. The van der Waals surface area contributed by atoms with Crippen LogP contribution in [0, 0.1) is 0 Å². The fourth-order valence-corrected chi connectivity index (χ4v) is 9.92. The molecule has 10 heteroatoms. The molecule has 0 aromatic rings. The lowest BCUT2D eigenvalue weighted by molar-refractivity contribution is -0.870. The number of phosphoric acid groups is 1. The summed E-state index contributed by atoms with van der Waals surface area (Å²) in [5.41, 5.74) is 0. The first-order valence-corrected chi connectivity index (χ1v) is 32.8. The summed E-state index contributed by atoms with van der Waals surface area (Å²) in [7, 11) is 1.20. The van der Waals surface area contributed by atoms with Gasteiger partial charge < -0.3 is 28.5 Å². The van der Waals surface area contributed by atoms with Crippen LogP contribution in [0.15, 0.2) is 36.5 Å². The average molecular weight is 1050 g/mol. The van der Waals surface area contributed by atoms with Gasteiger partial charge in [-0.05, 0) is 63.9 Å². The van der Waals surface area contributed by atoms with Crippen LogP contribution >= 0.6 is 7.82 Å². The van der Waals surface area contributed by atoms with Crippen molar-refractivity contribution in [3.63, 3.8) is 0 Å². The molecule has 0 aliphatic rings. The number of unbranched alkanes of at least 4 members (excludes halogenated alkanes) is 37. The van der Waals surface area contributed by atoms with E-state index in [-0.39, 0.29) is 31.5 Å². The van der Waals surface area contributed by atoms with Gasteiger partial charge in [0.15, 0.2) is 0 Å². The maximum Gasteiger partial charge on any atom is 0.306 e. The Morgan fingerprint density at radius 3 is 1.26 bits per heavy atom. The van der Waals surface area contributed by atoms with Gasteiger partial charge in [-0.25, -0.2) is 0 Å². The smallest absolute Gasteiger partial charge is 0.306 e. The molecule has 0 aromatic heterocycles. The molecule has 3 atom stereocenters. The summed E-state index contributed by atoms with van der Waals surface area (Å²) in [6, 6.07) is -0.884. The zero-order chi connectivity index (χ0) is 53.6. The standard InChI is InChI=1S/C63H121N2O7P/c1-7-10-13-16-19-22-25-28-29-30-31-32-33-34-35-38-41-44-47-50-53-56-63(67)72-61(54-51-48-45-42-39-36-26-23-20-17-14-11-8-2)60(59-71-73(68,69)70-58-57-65(4,5)6)64-62(66)55-52-49-46-43-40-37-27-24-21-18-15-12-9-3/h19,22,28-29,51,54,60-61H,7-18,20-21,23-27,30-50,52-53,55-59H2,1-6H3,(H-,64,66,68,69)/b22-19-,29-28-,54-51+. The summed E-state index contributed by atoms with van der Waals surface area (Å²) in [5, 5.41) is 3.03. The quantitative estimate of drug-likeness (QED) is 0.0212. The van der Waals surface area contributed by atoms with Crippen LogP contribution in [-0.4, -0.2) is 69.4 Å². The molecule has 1 N–H and O–H groups in total. The van der Waals surface area contributed by atoms with Gasteiger partial charge in [0, 0.05) is 12.8 Å². The maximum atomic E-state index is 13.5. The number of carbonyl (C=O) groups excluding carboxylic acids is 2. The summed E-state index contributed by atoms with van der Waals surface area (Å²) < 4.78 is 30.3. The Balaban J connectivity index is 5.21. The second-order valence-corrected chi connectivity index (χ2v) is 24.0. The van der Waals surface area contributed by atoms with Crippen LogP contribution < -0.4 is 10.2 Å². The second kappa shape index (κ2) is 53.6. The summed E-state index contributed by atoms with van der Waals surface area (Å²) in [6.45, 7) is 6.85. The third-order valence-electron chi connectivity index (χ3n) is 14.1. The largest absolute Gasteiger partial charge is 0.756 e. The van der Waals surface area contributed by atoms with E-state index in [9.17, 15) is 19.0 Å². The van der Waals surface area contributed by atoms with Gasteiger partial charge in [0.1, 0.15) is 19.3 Å². The van der Waals surface area contributed by atoms with Crippen molar-refractivity contribution in [3.05, 3.63) is 36.5 Å². The van der Waals surface area contributed by atoms with Crippen LogP contribution in [0.3, 0.4) is 0 Å². The number of nitrogens with zero attached hydrogens (tertiary/aromatic N) is 1. The van der Waals surface area contributed by atoms with E-state index in [2.05, 4.69) is 50.4 Å². The molecule has 73 heavy (non-hydrogen) atoms. The number of hydrogen-bond acceptors (Lipinski definition) is 7. The molecule has 0 radical (unpaired) electrons. The highest BCUT2D eigenvalue weighted by Gasteiger charge is 2.27. The number of likely N-dealkylation sites (N-methyl/N-ethyl adjacent to an activating group) is 1. The topological polar surface area (TPSA) is 114 Å². The molecular weight excluding hydrogens is 928 g/mol. The molecule has 0 spiro atoms. The SMILES string of the molecule is CCCCC/C=C\C/C=C\CCCCCCCCCCCCCC(=O)OC(/C=C/CCCCCCCCCCCCC)C(COP(=O)([O-])OCC[N+](C)(C)C)NC(=O)CCCCCCCCCCCCCCC. The molecule has 0 aliphatic carbocycles. The van der Waals surface area contributed by atoms with E-state index in [1.807, 2.05) is 33.3 Å². The van der Waals surface area contributed by atoms with Crippen molar-refractivity contribution in [2.75, 3.05) is 40.9 Å². The number of nitrogens with one attached hydrogen (secondary N) is 1. The van der Waals surface area contributed by atoms with Gasteiger partial charge in [-0.1, -0.05) is 263 Å². The minimum Gasteiger partial charge on any atom is -0.756 e. The number of hydrogen-bond donors (Lipinski definition) is 1. The Hall–Kier alpha value is -1.77. The Bertz CT molecular complexity index is 1350. The zero-order valence-electron chi connectivity index (χ0n) is 49.1. The average Bonchev–Trinajstić information content (AvgIpc) is 3.35. The molecular formula is C63H121N2O7P. The maximum absolute atomic E-state index is 13.5. The van der Waals surface area contributed by atoms with E-state index in [1.54, 1.807) is 0 Å². The van der Waals surface area contributed by atoms with Crippen LogP contribution in [0.5, 0.6) is 0 Å². The Kier molecular flexibility index (Phi) is 52.3. The number of allylic oxidation sites excluding steroid dienone is 5. The van der Waals surface area contributed by atoms with Crippen molar-refractivity contribution < 1.29 is 37.3 Å². The fraction of sp³-hybridized carbons (Fsp3) is 0.873. The lowest BCUT2D eigenvalue weighted by atomic mass is 10.0. The van der Waals surface area contributed by atoms with E-state index < -0.39 is 20.0 Å². The predicted octanol–water partition coefficient (Wildman–Crippen LogP) is 18.5.